The van der Waals surface area contributed by atoms with Crippen LogP contribution >= 0.6 is 23.1 Å². The molecule has 0 aliphatic rings. The molecule has 1 amide bonds. The molecule has 0 spiro atoms. The van der Waals surface area contributed by atoms with E-state index >= 15 is 0 Å². The van der Waals surface area contributed by atoms with Crippen molar-refractivity contribution in [3.8, 4) is 0 Å². The van der Waals surface area contributed by atoms with Gasteiger partial charge >= 0.3 is 0 Å². The van der Waals surface area contributed by atoms with Gasteiger partial charge in [0.2, 0.25) is 0 Å². The van der Waals surface area contributed by atoms with Crippen molar-refractivity contribution in [1.82, 2.24) is 4.57 Å². The number of rotatable bonds is 3. The zero-order valence-electron chi connectivity index (χ0n) is 13.4. The van der Waals surface area contributed by atoms with Crippen LogP contribution in [-0.4, -0.2) is 16.7 Å². The topological polar surface area (TPSA) is 34.4 Å². The van der Waals surface area contributed by atoms with Crippen molar-refractivity contribution >= 4 is 39.2 Å². The maximum atomic E-state index is 12.5. The van der Waals surface area contributed by atoms with Crippen LogP contribution in [0.15, 0.2) is 52.4 Å². The van der Waals surface area contributed by atoms with Crippen LogP contribution in [0, 0.1) is 6.92 Å². The van der Waals surface area contributed by atoms with Crippen molar-refractivity contribution in [2.24, 2.45) is 4.99 Å². The summed E-state index contributed by atoms with van der Waals surface area (Å²) in [7, 11) is 0. The molecule has 2 aromatic carbocycles. The Morgan fingerprint density at radius 1 is 1.26 bits per heavy atom. The van der Waals surface area contributed by atoms with Gasteiger partial charge in [0.25, 0.3) is 5.91 Å². The van der Waals surface area contributed by atoms with Gasteiger partial charge in [0, 0.05) is 17.0 Å². The molecule has 0 atom stereocenters. The molecule has 0 aliphatic carbocycles. The number of benzene rings is 2. The summed E-state index contributed by atoms with van der Waals surface area (Å²) in [4.78, 5) is 18.7. The Kier molecular flexibility index (Phi) is 4.68. The van der Waals surface area contributed by atoms with Gasteiger partial charge in [-0.25, -0.2) is 0 Å². The summed E-state index contributed by atoms with van der Waals surface area (Å²) in [6.07, 6.45) is 2.00. The van der Waals surface area contributed by atoms with Crippen LogP contribution in [0.1, 0.15) is 22.8 Å². The molecular weight excluding hydrogens is 324 g/mol. The van der Waals surface area contributed by atoms with Crippen LogP contribution in [0.2, 0.25) is 0 Å². The van der Waals surface area contributed by atoms with Crippen LogP contribution in [-0.2, 0) is 6.54 Å². The van der Waals surface area contributed by atoms with E-state index in [0.717, 1.165) is 26.5 Å². The van der Waals surface area contributed by atoms with Crippen LogP contribution < -0.4 is 4.80 Å². The fourth-order valence-electron chi connectivity index (χ4n) is 2.48. The highest BCUT2D eigenvalue weighted by atomic mass is 32.2. The van der Waals surface area contributed by atoms with Gasteiger partial charge in [-0.15, -0.1) is 11.8 Å². The number of carbonyl (C=O) groups excluding carboxylic acids is 1. The Morgan fingerprint density at radius 2 is 2.09 bits per heavy atom. The van der Waals surface area contributed by atoms with Crippen LogP contribution in [0.25, 0.3) is 10.2 Å². The van der Waals surface area contributed by atoms with Gasteiger partial charge in [0.15, 0.2) is 4.80 Å². The summed E-state index contributed by atoms with van der Waals surface area (Å²) < 4.78 is 3.26. The third-order valence-electron chi connectivity index (χ3n) is 3.67. The Bertz CT molecular complexity index is 938. The van der Waals surface area contributed by atoms with E-state index in [9.17, 15) is 4.79 Å². The maximum Gasteiger partial charge on any atom is 0.279 e. The maximum absolute atomic E-state index is 12.5. The number of thiazole rings is 1. The van der Waals surface area contributed by atoms with Crippen LogP contribution in [0.4, 0.5) is 0 Å². The van der Waals surface area contributed by atoms with Gasteiger partial charge < -0.3 is 4.57 Å². The minimum atomic E-state index is -0.189. The summed E-state index contributed by atoms with van der Waals surface area (Å²) in [6.45, 7) is 4.94. The minimum Gasteiger partial charge on any atom is -0.317 e. The summed E-state index contributed by atoms with van der Waals surface area (Å²) in [5, 5.41) is 0. The smallest absolute Gasteiger partial charge is 0.279 e. The van der Waals surface area contributed by atoms with Gasteiger partial charge in [0.05, 0.1) is 10.2 Å². The Labute approximate surface area is 143 Å². The number of nitrogens with zero attached hydrogens (tertiary/aromatic N) is 2. The molecule has 0 fully saturated rings. The highest BCUT2D eigenvalue weighted by Gasteiger charge is 2.09. The van der Waals surface area contributed by atoms with E-state index in [0.29, 0.717) is 5.56 Å². The monoisotopic (exact) mass is 342 g/mol. The Hall–Kier alpha value is -1.85. The lowest BCUT2D eigenvalue weighted by Crippen LogP contribution is -2.15. The average Bonchev–Trinajstić information content (AvgIpc) is 2.90. The van der Waals surface area contributed by atoms with E-state index < -0.39 is 0 Å². The third kappa shape index (κ3) is 3.26. The second-order valence-electron chi connectivity index (χ2n) is 5.25. The van der Waals surface area contributed by atoms with Crippen LogP contribution in [0.5, 0.6) is 0 Å². The molecule has 118 valence electrons. The van der Waals surface area contributed by atoms with E-state index in [1.807, 2.05) is 30.5 Å². The number of fused-ring (bicyclic) bond motifs is 1. The lowest BCUT2D eigenvalue weighted by Gasteiger charge is -2.01. The lowest BCUT2D eigenvalue weighted by molar-refractivity contribution is 0.0997. The molecule has 0 radical (unpaired) electrons. The predicted octanol–water partition coefficient (Wildman–Crippen LogP) is 4.49. The van der Waals surface area contributed by atoms with E-state index in [1.54, 1.807) is 23.1 Å². The highest BCUT2D eigenvalue weighted by molar-refractivity contribution is 7.98. The lowest BCUT2D eigenvalue weighted by atomic mass is 10.2. The van der Waals surface area contributed by atoms with Crippen molar-refractivity contribution < 1.29 is 4.79 Å². The normalized spacial score (nSPS) is 12.0. The zero-order chi connectivity index (χ0) is 16.4. The van der Waals surface area contributed by atoms with Gasteiger partial charge in [-0.1, -0.05) is 23.5 Å². The van der Waals surface area contributed by atoms with Crippen molar-refractivity contribution in [1.29, 1.82) is 0 Å². The molecule has 3 aromatic rings. The molecule has 0 aliphatic heterocycles. The van der Waals surface area contributed by atoms with Gasteiger partial charge in [-0.2, -0.15) is 4.99 Å². The molecule has 5 heteroatoms. The summed E-state index contributed by atoms with van der Waals surface area (Å²) in [6, 6.07) is 13.9. The minimum absolute atomic E-state index is 0.189. The molecule has 23 heavy (non-hydrogen) atoms. The van der Waals surface area contributed by atoms with Crippen molar-refractivity contribution in [3.63, 3.8) is 0 Å². The number of carbonyl (C=O) groups is 1. The second kappa shape index (κ2) is 6.72. The predicted molar refractivity (Wildman–Crippen MR) is 98.3 cm³/mol. The van der Waals surface area contributed by atoms with E-state index in [-0.39, 0.29) is 5.91 Å². The van der Waals surface area contributed by atoms with Crippen LogP contribution in [0.3, 0.4) is 0 Å². The van der Waals surface area contributed by atoms with E-state index in [4.69, 9.17) is 0 Å². The first-order valence-corrected chi connectivity index (χ1v) is 9.49. The zero-order valence-corrected chi connectivity index (χ0v) is 15.0. The summed E-state index contributed by atoms with van der Waals surface area (Å²) in [5.41, 5.74) is 2.98. The third-order valence-corrected chi connectivity index (χ3v) is 5.43. The van der Waals surface area contributed by atoms with Crippen molar-refractivity contribution in [2.45, 2.75) is 25.3 Å². The summed E-state index contributed by atoms with van der Waals surface area (Å²) in [5.74, 6) is -0.189. The molecule has 1 heterocycles. The van der Waals surface area contributed by atoms with Gasteiger partial charge in [-0.05, 0) is 56.0 Å². The van der Waals surface area contributed by atoms with Crippen molar-refractivity contribution in [2.75, 3.05) is 6.26 Å². The highest BCUT2D eigenvalue weighted by Crippen LogP contribution is 2.19. The molecule has 3 rings (SSSR count). The fourth-order valence-corrected chi connectivity index (χ4v) is 4.13. The number of aryl methyl sites for hydroxylation is 2. The number of aromatic nitrogens is 1. The van der Waals surface area contributed by atoms with Gasteiger partial charge in [-0.3, -0.25) is 4.79 Å². The molecule has 1 aromatic heterocycles. The van der Waals surface area contributed by atoms with E-state index in [2.05, 4.69) is 41.6 Å². The molecule has 0 bridgehead atoms. The first-order chi connectivity index (χ1) is 11.1. The first kappa shape index (κ1) is 16.0. The van der Waals surface area contributed by atoms with E-state index in [1.165, 1.54) is 5.56 Å². The first-order valence-electron chi connectivity index (χ1n) is 7.45. The molecule has 0 N–H and O–H groups in total. The quantitative estimate of drug-likeness (QED) is 0.657. The number of hydrogen-bond acceptors (Lipinski definition) is 3. The Balaban J connectivity index is 2.11. The summed E-state index contributed by atoms with van der Waals surface area (Å²) >= 11 is 3.19. The average molecular weight is 342 g/mol. The SMILES string of the molecule is CCn1c(=NC(=O)c2cccc(SC)c2)sc2cc(C)ccc21. The Morgan fingerprint density at radius 3 is 2.83 bits per heavy atom. The fraction of sp³-hybridized carbons (Fsp3) is 0.222. The molecule has 0 saturated carbocycles. The second-order valence-corrected chi connectivity index (χ2v) is 7.14. The molecule has 3 nitrogen and oxygen atoms in total. The molecule has 0 saturated heterocycles. The number of thioether (sulfide) groups is 1. The molecular formula is C18H18N2OS2. The standard InChI is InChI=1S/C18H18N2OS2/c1-4-20-15-9-8-12(2)10-16(15)23-18(20)19-17(21)13-6-5-7-14(11-13)22-3/h5-11H,4H2,1-3H3. The molecule has 0 unspecified atom stereocenters. The largest absolute Gasteiger partial charge is 0.317 e. The number of amides is 1. The van der Waals surface area contributed by atoms with Crippen molar-refractivity contribution in [3.05, 3.63) is 58.4 Å². The van der Waals surface area contributed by atoms with Gasteiger partial charge in [0.1, 0.15) is 0 Å². The number of hydrogen-bond donors (Lipinski definition) is 0.